The second-order valence-corrected chi connectivity index (χ2v) is 4.69. The van der Waals surface area contributed by atoms with Crippen molar-refractivity contribution in [1.82, 2.24) is 9.78 Å². The third kappa shape index (κ3) is 2.25. The van der Waals surface area contributed by atoms with Gasteiger partial charge in [0, 0.05) is 12.7 Å². The summed E-state index contributed by atoms with van der Waals surface area (Å²) in [5.74, 6) is -0.924. The standard InChI is InChI=1S/C11H12N4O2S/c1-6-5-8(14-15(6)2)10(17)13-11-7(9(12)16)3-4-18-11/h3-5H,1-2H3,(H2,12,16)(H,13,17). The third-order valence-corrected chi connectivity index (χ3v) is 3.33. The molecule has 0 bridgehead atoms. The number of anilines is 1. The molecule has 0 saturated carbocycles. The maximum atomic E-state index is 11.9. The van der Waals surface area contributed by atoms with E-state index in [0.29, 0.717) is 16.3 Å². The predicted octanol–water partition coefficient (Wildman–Crippen LogP) is 1.14. The number of thiophene rings is 1. The van der Waals surface area contributed by atoms with Crippen LogP contribution in [0.2, 0.25) is 0 Å². The molecule has 0 radical (unpaired) electrons. The van der Waals surface area contributed by atoms with Crippen LogP contribution < -0.4 is 11.1 Å². The zero-order valence-corrected chi connectivity index (χ0v) is 10.7. The molecule has 2 rings (SSSR count). The lowest BCUT2D eigenvalue weighted by molar-refractivity contribution is 0.100. The van der Waals surface area contributed by atoms with E-state index < -0.39 is 5.91 Å². The highest BCUT2D eigenvalue weighted by atomic mass is 32.1. The van der Waals surface area contributed by atoms with Crippen molar-refractivity contribution in [3.05, 3.63) is 34.5 Å². The van der Waals surface area contributed by atoms with Gasteiger partial charge in [0.15, 0.2) is 5.69 Å². The van der Waals surface area contributed by atoms with Gasteiger partial charge in [-0.25, -0.2) is 0 Å². The number of carbonyl (C=O) groups excluding carboxylic acids is 2. The Kier molecular flexibility index (Phi) is 3.15. The first kappa shape index (κ1) is 12.3. The van der Waals surface area contributed by atoms with Crippen LogP contribution in [0, 0.1) is 6.92 Å². The first-order chi connectivity index (χ1) is 8.49. The fourth-order valence-electron chi connectivity index (χ4n) is 1.44. The molecule has 7 heteroatoms. The van der Waals surface area contributed by atoms with Gasteiger partial charge in [-0.3, -0.25) is 14.3 Å². The first-order valence-electron chi connectivity index (χ1n) is 5.18. The van der Waals surface area contributed by atoms with Gasteiger partial charge >= 0.3 is 0 Å². The van der Waals surface area contributed by atoms with E-state index in [2.05, 4.69) is 10.4 Å². The second kappa shape index (κ2) is 4.61. The molecular weight excluding hydrogens is 252 g/mol. The Bertz CT molecular complexity index is 595. The van der Waals surface area contributed by atoms with Gasteiger partial charge in [-0.1, -0.05) is 0 Å². The van der Waals surface area contributed by atoms with E-state index in [1.54, 1.807) is 29.2 Å². The normalized spacial score (nSPS) is 10.3. The topological polar surface area (TPSA) is 90.0 Å². The lowest BCUT2D eigenvalue weighted by atomic mass is 10.3. The number of nitrogens with one attached hydrogen (secondary N) is 1. The summed E-state index contributed by atoms with van der Waals surface area (Å²) in [6.07, 6.45) is 0. The molecule has 0 aliphatic carbocycles. The second-order valence-electron chi connectivity index (χ2n) is 3.78. The van der Waals surface area contributed by atoms with Crippen molar-refractivity contribution < 1.29 is 9.59 Å². The van der Waals surface area contributed by atoms with Crippen molar-refractivity contribution in [2.24, 2.45) is 12.8 Å². The van der Waals surface area contributed by atoms with E-state index in [1.165, 1.54) is 11.3 Å². The Hall–Kier alpha value is -2.15. The summed E-state index contributed by atoms with van der Waals surface area (Å²) < 4.78 is 1.61. The summed E-state index contributed by atoms with van der Waals surface area (Å²) in [4.78, 5) is 23.0. The van der Waals surface area contributed by atoms with Gasteiger partial charge < -0.3 is 11.1 Å². The van der Waals surface area contributed by atoms with Crippen LogP contribution in [0.3, 0.4) is 0 Å². The highest BCUT2D eigenvalue weighted by molar-refractivity contribution is 7.14. The molecule has 0 unspecified atom stereocenters. The van der Waals surface area contributed by atoms with Crippen LogP contribution in [-0.4, -0.2) is 21.6 Å². The van der Waals surface area contributed by atoms with Gasteiger partial charge in [-0.15, -0.1) is 11.3 Å². The van der Waals surface area contributed by atoms with Crippen molar-refractivity contribution in [2.45, 2.75) is 6.92 Å². The Balaban J connectivity index is 2.21. The number of aryl methyl sites for hydroxylation is 2. The van der Waals surface area contributed by atoms with Gasteiger partial charge in [0.05, 0.1) is 5.56 Å². The summed E-state index contributed by atoms with van der Waals surface area (Å²) in [7, 11) is 1.76. The molecule has 2 aromatic rings. The van der Waals surface area contributed by atoms with Gasteiger partial charge in [0.2, 0.25) is 0 Å². The van der Waals surface area contributed by atoms with E-state index in [-0.39, 0.29) is 5.91 Å². The number of nitrogens with two attached hydrogens (primary N) is 1. The van der Waals surface area contributed by atoms with Crippen LogP contribution in [0.1, 0.15) is 26.5 Å². The Morgan fingerprint density at radius 2 is 2.22 bits per heavy atom. The SMILES string of the molecule is Cc1cc(C(=O)Nc2sccc2C(N)=O)nn1C. The summed E-state index contributed by atoms with van der Waals surface area (Å²) in [6, 6.07) is 3.25. The number of nitrogens with zero attached hydrogens (tertiary/aromatic N) is 2. The minimum Gasteiger partial charge on any atom is -0.366 e. The molecule has 0 atom stereocenters. The Morgan fingerprint density at radius 1 is 1.50 bits per heavy atom. The number of aromatic nitrogens is 2. The number of amides is 2. The maximum Gasteiger partial charge on any atom is 0.276 e. The molecule has 2 heterocycles. The molecule has 0 aliphatic heterocycles. The first-order valence-corrected chi connectivity index (χ1v) is 6.06. The summed E-state index contributed by atoms with van der Waals surface area (Å²) in [5, 5.41) is 8.82. The zero-order valence-electron chi connectivity index (χ0n) is 9.93. The molecule has 94 valence electrons. The Morgan fingerprint density at radius 3 is 2.78 bits per heavy atom. The number of primary amides is 1. The van der Waals surface area contributed by atoms with Crippen LogP contribution in [0.5, 0.6) is 0 Å². The lowest BCUT2D eigenvalue weighted by Crippen LogP contribution is -2.17. The molecule has 6 nitrogen and oxygen atoms in total. The van der Waals surface area contributed by atoms with E-state index >= 15 is 0 Å². The number of hydrogen-bond donors (Lipinski definition) is 2. The third-order valence-electron chi connectivity index (χ3n) is 2.50. The van der Waals surface area contributed by atoms with Crippen molar-refractivity contribution in [3.8, 4) is 0 Å². The summed E-state index contributed by atoms with van der Waals surface area (Å²) in [6.45, 7) is 1.85. The lowest BCUT2D eigenvalue weighted by Gasteiger charge is -2.01. The summed E-state index contributed by atoms with van der Waals surface area (Å²) >= 11 is 1.24. The molecule has 3 N–H and O–H groups in total. The van der Waals surface area contributed by atoms with Crippen molar-refractivity contribution in [3.63, 3.8) is 0 Å². The number of rotatable bonds is 3. The molecule has 0 saturated heterocycles. The van der Waals surface area contributed by atoms with E-state index in [4.69, 9.17) is 5.73 Å². The van der Waals surface area contributed by atoms with E-state index in [1.807, 2.05) is 6.92 Å². The fourth-order valence-corrected chi connectivity index (χ4v) is 2.23. The van der Waals surface area contributed by atoms with Crippen LogP contribution in [0.25, 0.3) is 0 Å². The number of carbonyl (C=O) groups is 2. The predicted molar refractivity (Wildman–Crippen MR) is 68.7 cm³/mol. The maximum absolute atomic E-state index is 11.9. The van der Waals surface area contributed by atoms with Gasteiger partial charge in [0.1, 0.15) is 5.00 Å². The molecule has 18 heavy (non-hydrogen) atoms. The number of hydrogen-bond acceptors (Lipinski definition) is 4. The Labute approximate surface area is 107 Å². The molecule has 2 amide bonds. The van der Waals surface area contributed by atoms with Crippen molar-refractivity contribution in [2.75, 3.05) is 5.32 Å². The van der Waals surface area contributed by atoms with Crippen LogP contribution in [0.4, 0.5) is 5.00 Å². The minimum atomic E-state index is -0.566. The van der Waals surface area contributed by atoms with E-state index in [9.17, 15) is 9.59 Å². The smallest absolute Gasteiger partial charge is 0.276 e. The van der Waals surface area contributed by atoms with Crippen LogP contribution in [-0.2, 0) is 7.05 Å². The van der Waals surface area contributed by atoms with Crippen LogP contribution in [0.15, 0.2) is 17.5 Å². The zero-order chi connectivity index (χ0) is 13.3. The highest BCUT2D eigenvalue weighted by Crippen LogP contribution is 2.23. The quantitative estimate of drug-likeness (QED) is 0.871. The molecule has 0 spiro atoms. The monoisotopic (exact) mass is 264 g/mol. The molecule has 0 fully saturated rings. The molecule has 2 aromatic heterocycles. The van der Waals surface area contributed by atoms with Gasteiger partial charge in [0.25, 0.3) is 11.8 Å². The van der Waals surface area contributed by atoms with Crippen molar-refractivity contribution >= 4 is 28.2 Å². The largest absolute Gasteiger partial charge is 0.366 e. The van der Waals surface area contributed by atoms with Gasteiger partial charge in [-0.2, -0.15) is 5.10 Å². The molecule has 0 aliphatic rings. The van der Waals surface area contributed by atoms with Gasteiger partial charge in [-0.05, 0) is 24.4 Å². The summed E-state index contributed by atoms with van der Waals surface area (Å²) in [5.41, 5.74) is 6.69. The molecular formula is C11H12N4O2S. The average molecular weight is 264 g/mol. The fraction of sp³-hybridized carbons (Fsp3) is 0.182. The molecule has 0 aromatic carbocycles. The van der Waals surface area contributed by atoms with E-state index in [0.717, 1.165) is 5.69 Å². The average Bonchev–Trinajstić information content (AvgIpc) is 2.87. The van der Waals surface area contributed by atoms with Crippen LogP contribution >= 0.6 is 11.3 Å². The minimum absolute atomic E-state index is 0.304. The van der Waals surface area contributed by atoms with Crippen molar-refractivity contribution in [1.29, 1.82) is 0 Å². The highest BCUT2D eigenvalue weighted by Gasteiger charge is 2.15.